The van der Waals surface area contributed by atoms with Crippen LogP contribution in [0.4, 0.5) is 4.39 Å². The van der Waals surface area contributed by atoms with Crippen molar-refractivity contribution >= 4 is 17.6 Å². The topological polar surface area (TPSA) is 37.3 Å². The molecular weight excluding hydrogens is 219 g/mol. The summed E-state index contributed by atoms with van der Waals surface area (Å²) in [5.74, 6) is -1.45. The lowest BCUT2D eigenvalue weighted by Gasteiger charge is -2.12. The number of carboxylic acids is 1. The molecule has 4 heteroatoms. The first-order valence-corrected chi connectivity index (χ1v) is 5.05. The SMILES string of the molecule is Cc1cc(F)c(C2(C(=O)O)CC2)cc1Cl. The summed E-state index contributed by atoms with van der Waals surface area (Å²) in [6.45, 7) is 1.69. The monoisotopic (exact) mass is 228 g/mol. The smallest absolute Gasteiger partial charge is 0.314 e. The molecule has 1 aliphatic carbocycles. The van der Waals surface area contributed by atoms with E-state index in [-0.39, 0.29) is 5.56 Å². The van der Waals surface area contributed by atoms with Gasteiger partial charge in [0.25, 0.3) is 0 Å². The van der Waals surface area contributed by atoms with Crippen molar-refractivity contribution < 1.29 is 14.3 Å². The number of aryl methyl sites for hydroxylation is 1. The maximum atomic E-state index is 13.6. The van der Waals surface area contributed by atoms with Gasteiger partial charge in [0.15, 0.2) is 0 Å². The van der Waals surface area contributed by atoms with Crippen molar-refractivity contribution in [3.05, 3.63) is 34.1 Å². The third kappa shape index (κ3) is 1.51. The Labute approximate surface area is 91.7 Å². The molecule has 0 saturated heterocycles. The maximum Gasteiger partial charge on any atom is 0.314 e. The van der Waals surface area contributed by atoms with Gasteiger partial charge in [0, 0.05) is 10.6 Å². The number of hydrogen-bond donors (Lipinski definition) is 1. The molecule has 0 aliphatic heterocycles. The summed E-state index contributed by atoms with van der Waals surface area (Å²) in [6.07, 6.45) is 0.970. The van der Waals surface area contributed by atoms with Crippen molar-refractivity contribution in [3.8, 4) is 0 Å². The van der Waals surface area contributed by atoms with Gasteiger partial charge in [0.1, 0.15) is 5.82 Å². The van der Waals surface area contributed by atoms with Gasteiger partial charge >= 0.3 is 5.97 Å². The van der Waals surface area contributed by atoms with Gasteiger partial charge in [-0.25, -0.2) is 4.39 Å². The van der Waals surface area contributed by atoms with Gasteiger partial charge in [-0.05, 0) is 37.5 Å². The Morgan fingerprint density at radius 1 is 1.53 bits per heavy atom. The van der Waals surface area contributed by atoms with Crippen LogP contribution < -0.4 is 0 Å². The van der Waals surface area contributed by atoms with E-state index in [0.717, 1.165) is 0 Å². The first kappa shape index (κ1) is 10.4. The number of aliphatic carboxylic acids is 1. The van der Waals surface area contributed by atoms with Gasteiger partial charge < -0.3 is 5.11 Å². The van der Waals surface area contributed by atoms with Crippen LogP contribution in [0.25, 0.3) is 0 Å². The van der Waals surface area contributed by atoms with Gasteiger partial charge in [0.05, 0.1) is 5.41 Å². The van der Waals surface area contributed by atoms with Crippen LogP contribution in [-0.2, 0) is 10.2 Å². The van der Waals surface area contributed by atoms with Crippen LogP contribution in [-0.4, -0.2) is 11.1 Å². The molecule has 80 valence electrons. The molecule has 2 rings (SSSR count). The van der Waals surface area contributed by atoms with Gasteiger partial charge in [-0.15, -0.1) is 0 Å². The summed E-state index contributed by atoms with van der Waals surface area (Å²) >= 11 is 5.86. The van der Waals surface area contributed by atoms with Gasteiger partial charge in [-0.1, -0.05) is 11.6 Å². The Morgan fingerprint density at radius 3 is 2.60 bits per heavy atom. The number of benzene rings is 1. The van der Waals surface area contributed by atoms with Crippen molar-refractivity contribution in [2.45, 2.75) is 25.2 Å². The highest BCUT2D eigenvalue weighted by molar-refractivity contribution is 6.31. The highest BCUT2D eigenvalue weighted by atomic mass is 35.5. The third-order valence-corrected chi connectivity index (χ3v) is 3.33. The highest BCUT2D eigenvalue weighted by Crippen LogP contribution is 2.50. The van der Waals surface area contributed by atoms with Gasteiger partial charge in [0.2, 0.25) is 0 Å². The Morgan fingerprint density at radius 2 is 2.13 bits per heavy atom. The molecule has 15 heavy (non-hydrogen) atoms. The van der Waals surface area contributed by atoms with Crippen molar-refractivity contribution in [1.29, 1.82) is 0 Å². The molecule has 1 fully saturated rings. The first-order valence-electron chi connectivity index (χ1n) is 4.67. The van der Waals surface area contributed by atoms with E-state index in [1.165, 1.54) is 12.1 Å². The predicted molar refractivity (Wildman–Crippen MR) is 54.7 cm³/mol. The third-order valence-electron chi connectivity index (χ3n) is 2.92. The van der Waals surface area contributed by atoms with Crippen LogP contribution in [0.2, 0.25) is 5.02 Å². The number of halogens is 2. The van der Waals surface area contributed by atoms with Crippen LogP contribution in [0.5, 0.6) is 0 Å². The van der Waals surface area contributed by atoms with Crippen LogP contribution in [0, 0.1) is 12.7 Å². The van der Waals surface area contributed by atoms with Crippen LogP contribution in [0.1, 0.15) is 24.0 Å². The predicted octanol–water partition coefficient (Wildman–Crippen LogP) is 2.90. The molecule has 0 spiro atoms. The Bertz CT molecular complexity index is 438. The van der Waals surface area contributed by atoms with Crippen molar-refractivity contribution in [2.75, 3.05) is 0 Å². The van der Waals surface area contributed by atoms with Crippen molar-refractivity contribution in [3.63, 3.8) is 0 Å². The van der Waals surface area contributed by atoms with E-state index < -0.39 is 17.2 Å². The molecule has 1 saturated carbocycles. The van der Waals surface area contributed by atoms with E-state index in [1.807, 2.05) is 0 Å². The number of carbonyl (C=O) groups is 1. The Balaban J connectivity index is 2.54. The fourth-order valence-corrected chi connectivity index (χ4v) is 1.90. The lowest BCUT2D eigenvalue weighted by Crippen LogP contribution is -2.21. The number of rotatable bonds is 2. The minimum atomic E-state index is -1.03. The molecule has 0 heterocycles. The molecule has 1 N–H and O–H groups in total. The minimum absolute atomic E-state index is 0.214. The number of carboxylic acid groups (broad SMARTS) is 1. The van der Waals surface area contributed by atoms with Crippen molar-refractivity contribution in [2.24, 2.45) is 0 Å². The molecule has 1 aliphatic rings. The summed E-state index contributed by atoms with van der Waals surface area (Å²) in [7, 11) is 0. The number of hydrogen-bond acceptors (Lipinski definition) is 1. The molecule has 2 nitrogen and oxygen atoms in total. The summed E-state index contributed by atoms with van der Waals surface area (Å²) in [6, 6.07) is 2.73. The van der Waals surface area contributed by atoms with E-state index in [1.54, 1.807) is 6.92 Å². The summed E-state index contributed by atoms with van der Waals surface area (Å²) in [4.78, 5) is 11.0. The molecular formula is C11H10ClFO2. The largest absolute Gasteiger partial charge is 0.481 e. The zero-order chi connectivity index (χ0) is 11.2. The van der Waals surface area contributed by atoms with Crippen LogP contribution in [0.15, 0.2) is 12.1 Å². The minimum Gasteiger partial charge on any atom is -0.481 e. The summed E-state index contributed by atoms with van der Waals surface area (Å²) in [5, 5.41) is 9.45. The fraction of sp³-hybridized carbons (Fsp3) is 0.364. The molecule has 0 amide bonds. The molecule has 0 bridgehead atoms. The lowest BCUT2D eigenvalue weighted by atomic mass is 9.94. The second-order valence-corrected chi connectivity index (χ2v) is 4.38. The second-order valence-electron chi connectivity index (χ2n) is 3.97. The maximum absolute atomic E-state index is 13.6. The molecule has 0 aromatic heterocycles. The molecule has 0 radical (unpaired) electrons. The highest BCUT2D eigenvalue weighted by Gasteiger charge is 2.53. The van der Waals surface area contributed by atoms with E-state index in [4.69, 9.17) is 16.7 Å². The van der Waals surface area contributed by atoms with E-state index in [2.05, 4.69) is 0 Å². The first-order chi connectivity index (χ1) is 6.97. The quantitative estimate of drug-likeness (QED) is 0.845. The Kier molecular flexibility index (Phi) is 2.23. The van der Waals surface area contributed by atoms with E-state index in [9.17, 15) is 9.18 Å². The standard InChI is InChI=1S/C11H10ClFO2/c1-6-4-9(13)7(5-8(6)12)11(2-3-11)10(14)15/h4-5H,2-3H2,1H3,(H,14,15). The zero-order valence-electron chi connectivity index (χ0n) is 8.18. The van der Waals surface area contributed by atoms with Crippen LogP contribution in [0.3, 0.4) is 0 Å². The average Bonchev–Trinajstić information content (AvgIpc) is 2.92. The normalized spacial score (nSPS) is 17.5. The summed E-state index contributed by atoms with van der Waals surface area (Å²) < 4.78 is 13.6. The van der Waals surface area contributed by atoms with Crippen molar-refractivity contribution in [1.82, 2.24) is 0 Å². The van der Waals surface area contributed by atoms with Crippen LogP contribution >= 0.6 is 11.6 Å². The van der Waals surface area contributed by atoms with E-state index >= 15 is 0 Å². The molecule has 0 unspecified atom stereocenters. The van der Waals surface area contributed by atoms with Gasteiger partial charge in [-0.3, -0.25) is 4.79 Å². The summed E-state index contributed by atoms with van der Waals surface area (Å²) in [5.41, 5.74) is -0.189. The zero-order valence-corrected chi connectivity index (χ0v) is 8.94. The molecule has 0 atom stereocenters. The average molecular weight is 229 g/mol. The lowest BCUT2D eigenvalue weighted by molar-refractivity contribution is -0.140. The fourth-order valence-electron chi connectivity index (χ4n) is 1.74. The van der Waals surface area contributed by atoms with E-state index in [0.29, 0.717) is 23.4 Å². The molecule has 1 aromatic rings. The molecule has 1 aromatic carbocycles. The second kappa shape index (κ2) is 3.20. The van der Waals surface area contributed by atoms with Gasteiger partial charge in [-0.2, -0.15) is 0 Å². The Hall–Kier alpha value is -1.09.